The molecular formula is C30H38O2S4. The zero-order valence-corrected chi connectivity index (χ0v) is 24.9. The van der Waals surface area contributed by atoms with Crippen LogP contribution in [0, 0.1) is 0 Å². The molecule has 2 aromatic heterocycles. The Labute approximate surface area is 233 Å². The molecule has 4 rings (SSSR count). The van der Waals surface area contributed by atoms with Crippen LogP contribution in [0.15, 0.2) is 32.7 Å². The van der Waals surface area contributed by atoms with E-state index in [2.05, 4.69) is 36.7 Å². The second kappa shape index (κ2) is 14.2. The third-order valence-electron chi connectivity index (χ3n) is 7.01. The van der Waals surface area contributed by atoms with E-state index in [0.717, 1.165) is 56.4 Å². The molecule has 2 aliphatic heterocycles. The van der Waals surface area contributed by atoms with Crippen molar-refractivity contribution in [1.82, 2.24) is 0 Å². The molecule has 6 heteroatoms. The van der Waals surface area contributed by atoms with E-state index < -0.39 is 0 Å². The van der Waals surface area contributed by atoms with Gasteiger partial charge in [-0.25, -0.2) is 0 Å². The van der Waals surface area contributed by atoms with Gasteiger partial charge in [-0.1, -0.05) is 78.1 Å². The summed E-state index contributed by atoms with van der Waals surface area (Å²) in [5.41, 5.74) is 4.12. The van der Waals surface area contributed by atoms with E-state index in [-0.39, 0.29) is 10.2 Å². The molecule has 0 spiro atoms. The Kier molecular flexibility index (Phi) is 11.0. The molecule has 0 atom stereocenters. The van der Waals surface area contributed by atoms with E-state index in [0.29, 0.717) is 0 Å². The smallest absolute Gasteiger partial charge is 0.226 e. The molecule has 4 heterocycles. The monoisotopic (exact) mass is 558 g/mol. The van der Waals surface area contributed by atoms with Crippen LogP contribution in [0.1, 0.15) is 112 Å². The van der Waals surface area contributed by atoms with Crippen molar-refractivity contribution in [2.24, 2.45) is 0 Å². The highest BCUT2D eigenvalue weighted by atomic mass is 32.2. The van der Waals surface area contributed by atoms with Crippen LogP contribution in [0.3, 0.4) is 0 Å². The van der Waals surface area contributed by atoms with E-state index in [1.54, 1.807) is 22.7 Å². The summed E-state index contributed by atoms with van der Waals surface area (Å²) < 4.78 is 0. The summed E-state index contributed by atoms with van der Waals surface area (Å²) in [7, 11) is 0. The lowest BCUT2D eigenvalue weighted by atomic mass is 10.0. The fourth-order valence-corrected chi connectivity index (χ4v) is 9.59. The van der Waals surface area contributed by atoms with Crippen molar-refractivity contribution in [3.8, 4) is 0 Å². The van der Waals surface area contributed by atoms with Gasteiger partial charge in [-0.15, -0.1) is 22.7 Å². The molecule has 0 amide bonds. The van der Waals surface area contributed by atoms with E-state index in [4.69, 9.17) is 0 Å². The maximum atomic E-state index is 13.2. The largest absolute Gasteiger partial charge is 0.281 e. The third-order valence-corrected chi connectivity index (χ3v) is 11.1. The summed E-state index contributed by atoms with van der Waals surface area (Å²) in [4.78, 5) is 30.5. The van der Waals surface area contributed by atoms with E-state index in [1.807, 2.05) is 0 Å². The zero-order valence-electron chi connectivity index (χ0n) is 21.7. The lowest BCUT2D eigenvalue weighted by molar-refractivity contribution is -0.106. The number of hydrogen-bond acceptors (Lipinski definition) is 6. The molecule has 0 saturated carbocycles. The first-order valence-electron chi connectivity index (χ1n) is 13.7. The van der Waals surface area contributed by atoms with E-state index in [9.17, 15) is 9.59 Å². The van der Waals surface area contributed by atoms with Crippen LogP contribution in [0.2, 0.25) is 0 Å². The van der Waals surface area contributed by atoms with Crippen LogP contribution in [0.4, 0.5) is 0 Å². The van der Waals surface area contributed by atoms with Gasteiger partial charge >= 0.3 is 0 Å². The van der Waals surface area contributed by atoms with Crippen molar-refractivity contribution in [2.45, 2.75) is 104 Å². The average molecular weight is 559 g/mol. The van der Waals surface area contributed by atoms with Gasteiger partial charge in [-0.3, -0.25) is 9.59 Å². The Morgan fingerprint density at radius 2 is 0.944 bits per heavy atom. The third kappa shape index (κ3) is 6.67. The van der Waals surface area contributed by atoms with Crippen molar-refractivity contribution in [1.29, 1.82) is 0 Å². The molecule has 2 nitrogen and oxygen atoms in total. The fourth-order valence-electron chi connectivity index (χ4n) is 4.98. The van der Waals surface area contributed by atoms with Crippen LogP contribution in [-0.4, -0.2) is 10.2 Å². The molecule has 36 heavy (non-hydrogen) atoms. The minimum atomic E-state index is 0.109. The summed E-state index contributed by atoms with van der Waals surface area (Å²) in [5.74, 6) is 0. The van der Waals surface area contributed by atoms with Gasteiger partial charge in [0.05, 0.1) is 11.1 Å². The van der Waals surface area contributed by atoms with Crippen molar-refractivity contribution < 1.29 is 9.59 Å². The zero-order chi connectivity index (χ0) is 25.3. The minimum absolute atomic E-state index is 0.109. The quantitative estimate of drug-likeness (QED) is 0.192. The number of hydrogen-bond donors (Lipinski definition) is 0. The number of unbranched alkanes of at least 4 members (excludes halogenated alkanes) is 10. The van der Waals surface area contributed by atoms with Gasteiger partial charge in [-0.2, -0.15) is 0 Å². The van der Waals surface area contributed by atoms with Gasteiger partial charge in [0.25, 0.3) is 0 Å². The molecule has 0 N–H and O–H groups in total. The lowest BCUT2D eigenvalue weighted by Gasteiger charge is -2.06. The van der Waals surface area contributed by atoms with Crippen molar-refractivity contribution >= 4 is 67.6 Å². The second-order valence-corrected chi connectivity index (χ2v) is 13.6. The van der Waals surface area contributed by atoms with E-state index in [1.165, 1.54) is 98.9 Å². The van der Waals surface area contributed by atoms with Crippen molar-refractivity contribution in [3.05, 3.63) is 53.6 Å². The predicted octanol–water partition coefficient (Wildman–Crippen LogP) is 10.3. The molecule has 0 radical (unpaired) electrons. The van der Waals surface area contributed by atoms with Gasteiger partial charge in [0.1, 0.15) is 0 Å². The molecule has 2 aromatic rings. The van der Waals surface area contributed by atoms with Crippen molar-refractivity contribution in [3.63, 3.8) is 0 Å². The first kappa shape index (κ1) is 27.9. The summed E-state index contributed by atoms with van der Waals surface area (Å²) >= 11 is 5.88. The Balaban J connectivity index is 1.49. The predicted molar refractivity (Wildman–Crippen MR) is 162 cm³/mol. The maximum absolute atomic E-state index is 13.2. The summed E-state index contributed by atoms with van der Waals surface area (Å²) in [6.45, 7) is 4.50. The molecule has 0 bridgehead atoms. The topological polar surface area (TPSA) is 34.1 Å². The Morgan fingerprint density at radius 3 is 1.36 bits per heavy atom. The van der Waals surface area contributed by atoms with Gasteiger partial charge in [0.2, 0.25) is 10.2 Å². The number of thioether (sulfide) groups is 2. The molecule has 0 fully saturated rings. The van der Waals surface area contributed by atoms with Crippen LogP contribution in [0.25, 0.3) is 11.1 Å². The standard InChI is InChI=1S/C30H38O2S4/c1-3-5-7-9-11-13-15-21-17-19-33-25(21)23-27-28(36-29(23)31)24(30(32)35-27)26-22(18-20-34-26)16-14-12-10-8-6-4-2/h17-20H,3-16H2,1-2H3. The highest BCUT2D eigenvalue weighted by molar-refractivity contribution is 8.25. The molecule has 0 aromatic carbocycles. The summed E-state index contributed by atoms with van der Waals surface area (Å²) in [6, 6.07) is 4.36. The van der Waals surface area contributed by atoms with Crippen LogP contribution in [-0.2, 0) is 22.4 Å². The number of thiophene rings is 2. The molecule has 2 aliphatic rings. The molecule has 0 saturated heterocycles. The Hall–Kier alpha value is -1.08. The van der Waals surface area contributed by atoms with E-state index >= 15 is 0 Å². The number of carbonyl (C=O) groups excluding carboxylic acids is 2. The van der Waals surface area contributed by atoms with Crippen LogP contribution >= 0.6 is 46.2 Å². The average Bonchev–Trinajstić information content (AvgIpc) is 3.63. The molecular weight excluding hydrogens is 521 g/mol. The van der Waals surface area contributed by atoms with Gasteiger partial charge < -0.3 is 0 Å². The Morgan fingerprint density at radius 1 is 0.556 bits per heavy atom. The number of rotatable bonds is 16. The Bertz CT molecular complexity index is 1030. The first-order valence-corrected chi connectivity index (χ1v) is 17.1. The van der Waals surface area contributed by atoms with Crippen LogP contribution < -0.4 is 0 Å². The maximum Gasteiger partial charge on any atom is 0.226 e. The van der Waals surface area contributed by atoms with Gasteiger partial charge in [0.15, 0.2) is 0 Å². The van der Waals surface area contributed by atoms with Crippen LogP contribution in [0.5, 0.6) is 0 Å². The summed E-state index contributed by atoms with van der Waals surface area (Å²) in [6.07, 6.45) is 17.2. The minimum Gasteiger partial charge on any atom is -0.281 e. The highest BCUT2D eigenvalue weighted by Crippen LogP contribution is 2.58. The van der Waals surface area contributed by atoms with Gasteiger partial charge in [-0.05, 0) is 83.2 Å². The SMILES string of the molecule is CCCCCCCCc1ccsc1C1=C2SC(=O)C(c3sccc3CCCCCCCC)=C2SC1=O. The lowest BCUT2D eigenvalue weighted by Crippen LogP contribution is -1.98. The number of carbonyl (C=O) groups is 2. The first-order chi connectivity index (χ1) is 17.7. The summed E-state index contributed by atoms with van der Waals surface area (Å²) in [5, 5.41) is 4.43. The fraction of sp³-hybridized carbons (Fsp3) is 0.533. The molecule has 0 aliphatic carbocycles. The molecule has 194 valence electrons. The molecule has 0 unspecified atom stereocenters. The van der Waals surface area contributed by atoms with Crippen molar-refractivity contribution in [2.75, 3.05) is 0 Å². The second-order valence-electron chi connectivity index (χ2n) is 9.77. The number of fused-ring (bicyclic) bond motifs is 1. The highest BCUT2D eigenvalue weighted by Gasteiger charge is 2.42. The normalized spacial score (nSPS) is 15.6. The van der Waals surface area contributed by atoms with Gasteiger partial charge in [0, 0.05) is 19.6 Å². The number of aryl methyl sites for hydroxylation is 2.